The highest BCUT2D eigenvalue weighted by Crippen LogP contribution is 2.43. The molecule has 1 unspecified atom stereocenters. The quantitative estimate of drug-likeness (QED) is 0.177. The van der Waals surface area contributed by atoms with Crippen molar-refractivity contribution in [1.29, 1.82) is 0 Å². The van der Waals surface area contributed by atoms with Gasteiger partial charge in [0.1, 0.15) is 0 Å². The largest absolute Gasteiger partial charge is 0.313 e. The van der Waals surface area contributed by atoms with Crippen LogP contribution in [0.5, 0.6) is 0 Å². The monoisotopic (exact) mass is 640 g/mol. The molecule has 0 radical (unpaired) electrons. The molecule has 50 heavy (non-hydrogen) atoms. The molecular formula is C48H36N2. The van der Waals surface area contributed by atoms with E-state index in [1.165, 1.54) is 82.8 Å². The Bertz CT molecular complexity index is 2620. The molecule has 1 atom stereocenters. The average Bonchev–Trinajstić information content (AvgIpc) is 3.71. The first kappa shape index (κ1) is 28.9. The number of fused-ring (bicyclic) bond motifs is 6. The van der Waals surface area contributed by atoms with Gasteiger partial charge in [0.2, 0.25) is 0 Å². The van der Waals surface area contributed by atoms with Crippen LogP contribution in [0, 0.1) is 0 Å². The number of aromatic nitrogens is 2. The molecule has 0 saturated heterocycles. The Labute approximate surface area is 292 Å². The van der Waals surface area contributed by atoms with Gasteiger partial charge in [0.05, 0.1) is 22.1 Å². The van der Waals surface area contributed by atoms with Crippen molar-refractivity contribution in [3.05, 3.63) is 193 Å². The molecule has 0 spiro atoms. The minimum absolute atomic E-state index is 0.291. The van der Waals surface area contributed by atoms with E-state index in [1.807, 2.05) is 0 Å². The molecule has 0 fully saturated rings. The fourth-order valence-corrected chi connectivity index (χ4v) is 8.59. The average molecular weight is 641 g/mol. The number of para-hydroxylation sites is 4. The molecule has 0 amide bonds. The van der Waals surface area contributed by atoms with E-state index < -0.39 is 0 Å². The Morgan fingerprint density at radius 2 is 1.00 bits per heavy atom. The van der Waals surface area contributed by atoms with Crippen molar-refractivity contribution < 1.29 is 0 Å². The maximum atomic E-state index is 2.47. The number of hydrogen-bond acceptors (Lipinski definition) is 0. The van der Waals surface area contributed by atoms with Crippen LogP contribution in [0.2, 0.25) is 0 Å². The summed E-state index contributed by atoms with van der Waals surface area (Å²) in [4.78, 5) is 0. The van der Waals surface area contributed by atoms with Gasteiger partial charge in [-0.25, -0.2) is 0 Å². The summed E-state index contributed by atoms with van der Waals surface area (Å²) in [6.45, 7) is 0. The summed E-state index contributed by atoms with van der Waals surface area (Å²) in [6, 6.07) is 53.4. The van der Waals surface area contributed by atoms with Crippen LogP contribution in [0.15, 0.2) is 176 Å². The lowest BCUT2D eigenvalue weighted by molar-refractivity contribution is 0.867. The Hall–Kier alpha value is -6.12. The molecule has 2 heterocycles. The normalized spacial score (nSPS) is 16.2. The minimum Gasteiger partial charge on any atom is -0.313 e. The summed E-state index contributed by atoms with van der Waals surface area (Å²) in [5, 5.41) is 5.21. The van der Waals surface area contributed by atoms with Crippen LogP contribution in [0.3, 0.4) is 0 Å². The first-order valence-corrected chi connectivity index (χ1v) is 17.8. The maximum Gasteiger partial charge on any atom is 0.0541 e. The van der Waals surface area contributed by atoms with Crippen LogP contribution in [-0.4, -0.2) is 9.13 Å². The number of rotatable bonds is 5. The lowest BCUT2D eigenvalue weighted by atomic mass is 9.78. The first-order chi connectivity index (χ1) is 24.8. The molecule has 10 rings (SSSR count). The molecule has 0 saturated carbocycles. The molecule has 238 valence electrons. The van der Waals surface area contributed by atoms with Gasteiger partial charge in [0.15, 0.2) is 0 Å². The zero-order valence-electron chi connectivity index (χ0n) is 27.8. The molecular weight excluding hydrogens is 605 g/mol. The lowest BCUT2D eigenvalue weighted by Gasteiger charge is -2.27. The van der Waals surface area contributed by atoms with E-state index in [9.17, 15) is 0 Å². The molecule has 2 heteroatoms. The second-order valence-corrected chi connectivity index (χ2v) is 13.6. The van der Waals surface area contributed by atoms with Crippen molar-refractivity contribution in [2.75, 3.05) is 0 Å². The third kappa shape index (κ3) is 4.56. The Kier molecular flexibility index (Phi) is 6.80. The van der Waals surface area contributed by atoms with Crippen molar-refractivity contribution in [2.45, 2.75) is 25.2 Å². The SMILES string of the molecule is C1=CCC(c2ccccc2C2=CC=C(n3c4ccccc4c4ccccc43)CC2)C(c2ccc(-n3c4ccccc4c4ccccc43)cc2)=C1. The standard InChI is InChI=1S/C48H36N2/c1-3-15-39(37(13-1)33-25-29-35(30-26-33)49-45-21-9-5-17-41(45)42-18-6-10-22-46(42)49)40-16-4-2-14-38(40)34-27-31-36(32-28-34)50-47-23-11-7-19-43(47)44-20-8-12-24-48(44)50/h1-15,17-25,27-29,31-32,40H,16,26,30H2. The minimum atomic E-state index is 0.291. The van der Waals surface area contributed by atoms with Crippen LogP contribution in [0.1, 0.15) is 41.9 Å². The predicted molar refractivity (Wildman–Crippen MR) is 213 cm³/mol. The molecule has 6 aromatic carbocycles. The third-order valence-corrected chi connectivity index (χ3v) is 10.9. The molecule has 2 aliphatic carbocycles. The van der Waals surface area contributed by atoms with Gasteiger partial charge in [0, 0.05) is 38.8 Å². The topological polar surface area (TPSA) is 9.86 Å². The van der Waals surface area contributed by atoms with Crippen LogP contribution < -0.4 is 0 Å². The number of benzene rings is 6. The third-order valence-electron chi connectivity index (χ3n) is 10.9. The van der Waals surface area contributed by atoms with Crippen molar-refractivity contribution in [3.63, 3.8) is 0 Å². The van der Waals surface area contributed by atoms with Crippen molar-refractivity contribution in [2.24, 2.45) is 0 Å². The van der Waals surface area contributed by atoms with Crippen LogP contribution in [-0.2, 0) is 0 Å². The van der Waals surface area contributed by atoms with Gasteiger partial charge in [-0.3, -0.25) is 0 Å². The van der Waals surface area contributed by atoms with E-state index in [-0.39, 0.29) is 0 Å². The van der Waals surface area contributed by atoms with Gasteiger partial charge in [0.25, 0.3) is 0 Å². The summed E-state index contributed by atoms with van der Waals surface area (Å²) in [7, 11) is 0. The summed E-state index contributed by atoms with van der Waals surface area (Å²) < 4.78 is 4.87. The Balaban J connectivity index is 1.00. The summed E-state index contributed by atoms with van der Waals surface area (Å²) in [5.41, 5.74) is 14.5. The maximum absolute atomic E-state index is 2.47. The molecule has 2 nitrogen and oxygen atoms in total. The van der Waals surface area contributed by atoms with Gasteiger partial charge < -0.3 is 9.13 Å². The van der Waals surface area contributed by atoms with Crippen LogP contribution in [0.4, 0.5) is 0 Å². The first-order valence-electron chi connectivity index (χ1n) is 17.8. The predicted octanol–water partition coefficient (Wildman–Crippen LogP) is 12.7. The number of nitrogens with zero attached hydrogens (tertiary/aromatic N) is 2. The van der Waals surface area contributed by atoms with Gasteiger partial charge in [-0.05, 0) is 89.6 Å². The van der Waals surface area contributed by atoms with Crippen molar-refractivity contribution in [1.82, 2.24) is 9.13 Å². The van der Waals surface area contributed by atoms with Gasteiger partial charge in [-0.15, -0.1) is 0 Å². The van der Waals surface area contributed by atoms with E-state index >= 15 is 0 Å². The smallest absolute Gasteiger partial charge is 0.0541 e. The lowest BCUT2D eigenvalue weighted by Crippen LogP contribution is -2.08. The van der Waals surface area contributed by atoms with Gasteiger partial charge >= 0.3 is 0 Å². The highest BCUT2D eigenvalue weighted by molar-refractivity contribution is 6.10. The Morgan fingerprint density at radius 1 is 0.460 bits per heavy atom. The summed E-state index contributed by atoms with van der Waals surface area (Å²) in [6.07, 6.45) is 14.6. The molecule has 8 aromatic rings. The fraction of sp³-hybridized carbons (Fsp3) is 0.0833. The highest BCUT2D eigenvalue weighted by Gasteiger charge is 2.24. The van der Waals surface area contributed by atoms with Crippen LogP contribution in [0.25, 0.3) is 66.1 Å². The van der Waals surface area contributed by atoms with E-state index in [2.05, 4.69) is 185 Å². The molecule has 2 aliphatic rings. The second kappa shape index (κ2) is 11.8. The van der Waals surface area contributed by atoms with E-state index in [1.54, 1.807) is 0 Å². The van der Waals surface area contributed by atoms with Crippen LogP contribution >= 0.6 is 0 Å². The number of hydrogen-bond donors (Lipinski definition) is 0. The zero-order chi connectivity index (χ0) is 33.0. The Morgan fingerprint density at radius 3 is 1.58 bits per heavy atom. The molecule has 2 aromatic heterocycles. The van der Waals surface area contributed by atoms with Crippen molar-refractivity contribution in [3.8, 4) is 5.69 Å². The second-order valence-electron chi connectivity index (χ2n) is 13.6. The van der Waals surface area contributed by atoms with Gasteiger partial charge in [-0.2, -0.15) is 0 Å². The highest BCUT2D eigenvalue weighted by atomic mass is 15.0. The van der Waals surface area contributed by atoms with E-state index in [4.69, 9.17) is 0 Å². The van der Waals surface area contributed by atoms with Gasteiger partial charge in [-0.1, -0.05) is 133 Å². The molecule has 0 aliphatic heterocycles. The summed E-state index contributed by atoms with van der Waals surface area (Å²) >= 11 is 0. The zero-order valence-corrected chi connectivity index (χ0v) is 27.8. The fourth-order valence-electron chi connectivity index (χ4n) is 8.59. The number of allylic oxidation sites excluding steroid dienone is 8. The van der Waals surface area contributed by atoms with E-state index in [0.717, 1.165) is 19.3 Å². The molecule has 0 bridgehead atoms. The van der Waals surface area contributed by atoms with E-state index in [0.29, 0.717) is 5.92 Å². The molecule has 0 N–H and O–H groups in total. The summed E-state index contributed by atoms with van der Waals surface area (Å²) in [5.74, 6) is 0.291. The van der Waals surface area contributed by atoms with Crippen molar-refractivity contribution >= 4 is 60.5 Å².